The molecule has 0 unspecified atom stereocenters. The summed E-state index contributed by atoms with van der Waals surface area (Å²) >= 11 is 0. The average Bonchev–Trinajstić information content (AvgIpc) is 2.62. The molecule has 0 aliphatic carbocycles. The van der Waals surface area contributed by atoms with Gasteiger partial charge in [0.05, 0.1) is 0 Å². The number of carbonyl (C=O) groups excluding carboxylic acids is 2. The number of quaternary nitrogens is 1. The van der Waals surface area contributed by atoms with Crippen molar-refractivity contribution in [3.63, 3.8) is 0 Å². The van der Waals surface area contributed by atoms with Gasteiger partial charge in [0.15, 0.2) is 6.04 Å². The fraction of sp³-hybridized carbons (Fsp3) is 0.391. The van der Waals surface area contributed by atoms with Crippen molar-refractivity contribution in [1.29, 1.82) is 0 Å². The second-order valence-electron chi connectivity index (χ2n) is 8.04. The van der Waals surface area contributed by atoms with Gasteiger partial charge in [-0.15, -0.1) is 0 Å². The van der Waals surface area contributed by atoms with Crippen molar-refractivity contribution in [3.8, 4) is 0 Å². The Kier molecular flexibility index (Phi) is 7.76. The zero-order valence-corrected chi connectivity index (χ0v) is 17.2. The van der Waals surface area contributed by atoms with E-state index >= 15 is 0 Å². The van der Waals surface area contributed by atoms with Gasteiger partial charge in [-0.2, -0.15) is 0 Å². The lowest BCUT2D eigenvalue weighted by molar-refractivity contribution is -0.728. The highest BCUT2D eigenvalue weighted by Gasteiger charge is 2.31. The van der Waals surface area contributed by atoms with E-state index in [0.717, 1.165) is 17.5 Å². The Labute approximate surface area is 167 Å². The summed E-state index contributed by atoms with van der Waals surface area (Å²) in [5, 5.41) is 4.26. The molecule has 5 N–H and O–H groups in total. The third kappa shape index (κ3) is 6.20. The van der Waals surface area contributed by atoms with Crippen molar-refractivity contribution in [3.05, 3.63) is 71.3 Å². The number of amides is 3. The van der Waals surface area contributed by atoms with Crippen LogP contribution in [0.25, 0.3) is 0 Å². The monoisotopic (exact) mass is 382 g/mol. The number of nitrogens with two attached hydrogens (primary N) is 2. The van der Waals surface area contributed by atoms with Gasteiger partial charge in [-0.25, -0.2) is 4.79 Å². The normalized spacial score (nSPS) is 13.4. The van der Waals surface area contributed by atoms with Crippen molar-refractivity contribution < 1.29 is 14.9 Å². The molecular weight excluding hydrogens is 350 g/mol. The molecule has 28 heavy (non-hydrogen) atoms. The van der Waals surface area contributed by atoms with Crippen LogP contribution in [-0.2, 0) is 11.2 Å². The Bertz CT molecular complexity index is 770. The smallest absolute Gasteiger partial charge is 0.319 e. The van der Waals surface area contributed by atoms with Gasteiger partial charge in [0, 0.05) is 17.0 Å². The average molecular weight is 383 g/mol. The molecule has 0 fully saturated rings. The highest BCUT2D eigenvalue weighted by molar-refractivity contribution is 5.96. The number of benzene rings is 2. The minimum atomic E-state index is -0.835. The van der Waals surface area contributed by atoms with E-state index in [1.54, 1.807) is 0 Å². The van der Waals surface area contributed by atoms with Gasteiger partial charge in [0.1, 0.15) is 6.04 Å². The number of nitrogens with one attached hydrogen (secondary N) is 1. The number of urea groups is 1. The molecule has 0 heterocycles. The van der Waals surface area contributed by atoms with Gasteiger partial charge in [-0.1, -0.05) is 82.3 Å². The summed E-state index contributed by atoms with van der Waals surface area (Å²) in [4.78, 5) is 23.9. The van der Waals surface area contributed by atoms with Crippen LogP contribution in [-0.4, -0.2) is 11.9 Å². The molecule has 0 saturated heterocycles. The van der Waals surface area contributed by atoms with Gasteiger partial charge in [-0.3, -0.25) is 10.1 Å². The van der Waals surface area contributed by atoms with Gasteiger partial charge in [-0.05, 0) is 17.9 Å². The molecule has 3 amide bonds. The fourth-order valence-electron chi connectivity index (χ4n) is 3.48. The van der Waals surface area contributed by atoms with Crippen LogP contribution in [0.15, 0.2) is 54.6 Å². The van der Waals surface area contributed by atoms with Crippen molar-refractivity contribution in [1.82, 2.24) is 5.32 Å². The number of carbonyl (C=O) groups is 2. The highest BCUT2D eigenvalue weighted by Crippen LogP contribution is 2.21. The van der Waals surface area contributed by atoms with Crippen LogP contribution in [0.5, 0.6) is 0 Å². The first-order valence-electron chi connectivity index (χ1n) is 9.87. The number of hydrogen-bond acceptors (Lipinski definition) is 2. The molecule has 0 saturated carbocycles. The first kappa shape index (κ1) is 21.6. The Morgan fingerprint density at radius 2 is 1.54 bits per heavy atom. The van der Waals surface area contributed by atoms with Crippen LogP contribution in [0, 0.1) is 11.8 Å². The van der Waals surface area contributed by atoms with E-state index in [-0.39, 0.29) is 6.04 Å². The number of hydrogen-bond donors (Lipinski definition) is 3. The fourth-order valence-corrected chi connectivity index (χ4v) is 3.48. The maximum absolute atomic E-state index is 12.7. The Hall–Kier alpha value is -2.66. The van der Waals surface area contributed by atoms with Gasteiger partial charge < -0.3 is 11.1 Å². The minimum Gasteiger partial charge on any atom is -0.351 e. The second kappa shape index (κ2) is 10.0. The zero-order chi connectivity index (χ0) is 20.7. The quantitative estimate of drug-likeness (QED) is 0.655. The predicted molar refractivity (Wildman–Crippen MR) is 111 cm³/mol. The van der Waals surface area contributed by atoms with Gasteiger partial charge >= 0.3 is 6.03 Å². The second-order valence-corrected chi connectivity index (χ2v) is 8.04. The molecule has 5 nitrogen and oxygen atoms in total. The molecule has 5 heteroatoms. The van der Waals surface area contributed by atoms with E-state index in [9.17, 15) is 9.59 Å². The lowest BCUT2D eigenvalue weighted by Crippen LogP contribution is -2.89. The van der Waals surface area contributed by atoms with Gasteiger partial charge in [0.2, 0.25) is 0 Å². The molecule has 150 valence electrons. The van der Waals surface area contributed by atoms with E-state index in [4.69, 9.17) is 5.73 Å². The molecule has 2 aromatic carbocycles. The van der Waals surface area contributed by atoms with Crippen LogP contribution in [0.3, 0.4) is 0 Å². The number of primary amides is 1. The summed E-state index contributed by atoms with van der Waals surface area (Å²) in [7, 11) is 0. The molecule has 2 rings (SSSR count). The summed E-state index contributed by atoms with van der Waals surface area (Å²) in [5.41, 5.74) is 8.49. The molecular formula is C23H32N3O2+. The molecule has 0 aromatic heterocycles. The van der Waals surface area contributed by atoms with E-state index in [1.165, 1.54) is 5.56 Å². The van der Waals surface area contributed by atoms with Crippen LogP contribution < -0.4 is 16.4 Å². The van der Waals surface area contributed by atoms with Crippen molar-refractivity contribution in [2.24, 2.45) is 17.6 Å². The van der Waals surface area contributed by atoms with Crippen LogP contribution >= 0.6 is 0 Å². The highest BCUT2D eigenvalue weighted by atomic mass is 16.2. The summed E-state index contributed by atoms with van der Waals surface area (Å²) in [5.74, 6) is 0.502. The number of imide groups is 1. The topological polar surface area (TPSA) is 88.8 Å². The van der Waals surface area contributed by atoms with Crippen molar-refractivity contribution in [2.75, 3.05) is 0 Å². The minimum absolute atomic E-state index is 0.0666. The van der Waals surface area contributed by atoms with Crippen LogP contribution in [0.2, 0.25) is 0 Å². The van der Waals surface area contributed by atoms with E-state index in [0.29, 0.717) is 11.8 Å². The van der Waals surface area contributed by atoms with Crippen molar-refractivity contribution in [2.45, 2.75) is 46.2 Å². The predicted octanol–water partition coefficient (Wildman–Crippen LogP) is 3.08. The lowest BCUT2D eigenvalue weighted by Gasteiger charge is -2.25. The van der Waals surface area contributed by atoms with E-state index in [1.807, 2.05) is 35.6 Å². The summed E-state index contributed by atoms with van der Waals surface area (Å²) in [6.07, 6.45) is 1.05. The molecule has 0 spiro atoms. The molecule has 0 radical (unpaired) electrons. The molecule has 2 atom stereocenters. The molecule has 2 aromatic rings. The van der Waals surface area contributed by atoms with Crippen LogP contribution in [0.4, 0.5) is 4.79 Å². The SMILES string of the molecule is CC(C)Cc1ccc([C@H]([NH2+][C@H](C(=O)NC(N)=O)c2ccccc2)C(C)C)cc1. The lowest BCUT2D eigenvalue weighted by atomic mass is 9.92. The van der Waals surface area contributed by atoms with Crippen molar-refractivity contribution >= 4 is 11.9 Å². The standard InChI is InChI=1S/C23H31N3O2/c1-15(2)14-17-10-12-19(13-11-17)20(16(3)4)25-21(22(27)26-23(24)28)18-8-6-5-7-9-18/h5-13,15-16,20-21,25H,14H2,1-4H3,(H3,24,26,27,28)/p+1/t20-,21+/m1/s1. The van der Waals surface area contributed by atoms with E-state index in [2.05, 4.69) is 57.3 Å². The Morgan fingerprint density at radius 1 is 0.929 bits per heavy atom. The Balaban J connectivity index is 2.29. The third-order valence-electron chi connectivity index (χ3n) is 4.81. The Morgan fingerprint density at radius 3 is 2.04 bits per heavy atom. The molecule has 0 aliphatic rings. The summed E-state index contributed by atoms with van der Waals surface area (Å²) in [6, 6.07) is 16.8. The summed E-state index contributed by atoms with van der Waals surface area (Å²) < 4.78 is 0. The zero-order valence-electron chi connectivity index (χ0n) is 17.2. The first-order valence-corrected chi connectivity index (χ1v) is 9.87. The molecule has 0 aliphatic heterocycles. The first-order chi connectivity index (χ1) is 13.3. The molecule has 0 bridgehead atoms. The maximum Gasteiger partial charge on any atom is 0.319 e. The maximum atomic E-state index is 12.7. The van der Waals surface area contributed by atoms with Crippen LogP contribution in [0.1, 0.15) is 56.5 Å². The largest absolute Gasteiger partial charge is 0.351 e. The summed E-state index contributed by atoms with van der Waals surface area (Å²) in [6.45, 7) is 8.69. The third-order valence-corrected chi connectivity index (χ3v) is 4.81. The van der Waals surface area contributed by atoms with E-state index < -0.39 is 18.0 Å². The van der Waals surface area contributed by atoms with Gasteiger partial charge in [0.25, 0.3) is 5.91 Å². The number of rotatable bonds is 8.